The van der Waals surface area contributed by atoms with Crippen molar-refractivity contribution in [3.63, 3.8) is 0 Å². The highest BCUT2D eigenvalue weighted by Crippen LogP contribution is 2.21. The lowest BCUT2D eigenvalue weighted by Gasteiger charge is -2.25. The van der Waals surface area contributed by atoms with Gasteiger partial charge in [-0.05, 0) is 6.42 Å². The molecule has 0 aromatic carbocycles. The monoisotopic (exact) mass is 287 g/mol. The molecule has 0 N–H and O–H groups in total. The van der Waals surface area contributed by atoms with Crippen LogP contribution in [-0.4, -0.2) is 54.8 Å². The molecule has 0 spiro atoms. The molecule has 0 saturated carbocycles. The van der Waals surface area contributed by atoms with E-state index in [1.54, 1.807) is 21.3 Å². The van der Waals surface area contributed by atoms with Gasteiger partial charge in [0.25, 0.3) is 0 Å². The van der Waals surface area contributed by atoms with Crippen molar-refractivity contribution in [1.29, 1.82) is 0 Å². The Labute approximate surface area is 114 Å². The minimum Gasteiger partial charge on any atom is -0.485 e. The molecular formula is C12H21NO5Si. The highest BCUT2D eigenvalue weighted by Gasteiger charge is 2.37. The molecule has 2 fully saturated rings. The van der Waals surface area contributed by atoms with Gasteiger partial charge >= 0.3 is 8.80 Å². The maximum atomic E-state index is 5.40. The fourth-order valence-corrected chi connectivity index (χ4v) is 3.51. The van der Waals surface area contributed by atoms with Gasteiger partial charge in [-0.25, -0.2) is 0 Å². The van der Waals surface area contributed by atoms with E-state index in [1.165, 1.54) is 0 Å². The Kier molecular flexibility index (Phi) is 4.86. The van der Waals surface area contributed by atoms with Crippen LogP contribution in [0.2, 0.25) is 6.04 Å². The van der Waals surface area contributed by atoms with Gasteiger partial charge in [0.15, 0.2) is 11.5 Å². The smallest absolute Gasteiger partial charge is 0.485 e. The van der Waals surface area contributed by atoms with Gasteiger partial charge < -0.3 is 27.7 Å². The zero-order chi connectivity index (χ0) is 13.7. The lowest BCUT2D eigenvalue weighted by Crippen LogP contribution is -2.43. The van der Waals surface area contributed by atoms with Crippen LogP contribution >= 0.6 is 0 Å². The van der Waals surface area contributed by atoms with Crippen LogP contribution in [-0.2, 0) is 22.8 Å². The summed E-state index contributed by atoms with van der Waals surface area (Å²) in [6.45, 7) is 2.31. The standard InChI is InChI=1S/C12H21NO5Si/c1-14-19(15-2,16-3)6-4-5-13(7-11-9-17-11)8-12-10-18-12/h7-8H,4-6,9-10H2,1-3H3. The third-order valence-electron chi connectivity index (χ3n) is 3.07. The number of epoxide rings is 2. The Balaban J connectivity index is 1.81. The van der Waals surface area contributed by atoms with Crippen LogP contribution in [0.3, 0.4) is 0 Å². The van der Waals surface area contributed by atoms with Crippen molar-refractivity contribution in [3.8, 4) is 0 Å². The van der Waals surface area contributed by atoms with Crippen molar-refractivity contribution < 1.29 is 22.8 Å². The Morgan fingerprint density at radius 3 is 1.89 bits per heavy atom. The molecular weight excluding hydrogens is 266 g/mol. The van der Waals surface area contributed by atoms with Crippen LogP contribution in [0.1, 0.15) is 6.42 Å². The van der Waals surface area contributed by atoms with E-state index in [1.807, 2.05) is 12.4 Å². The molecule has 108 valence electrons. The number of hydrogen-bond acceptors (Lipinski definition) is 6. The van der Waals surface area contributed by atoms with Crippen molar-refractivity contribution in [2.45, 2.75) is 12.5 Å². The normalized spacial score (nSPS) is 21.2. The Bertz CT molecular complexity index is 325. The van der Waals surface area contributed by atoms with E-state index in [4.69, 9.17) is 22.8 Å². The molecule has 0 aromatic rings. The highest BCUT2D eigenvalue weighted by molar-refractivity contribution is 6.60. The Hall–Kier alpha value is -1.02. The molecule has 2 heterocycles. The van der Waals surface area contributed by atoms with Gasteiger partial charge in [-0.1, -0.05) is 0 Å². The quantitative estimate of drug-likeness (QED) is 0.470. The molecule has 0 unspecified atom stereocenters. The summed E-state index contributed by atoms with van der Waals surface area (Å²) in [6.07, 6.45) is 4.92. The van der Waals surface area contributed by atoms with Crippen LogP contribution in [0, 0.1) is 0 Å². The average molecular weight is 287 g/mol. The number of rotatable bonds is 9. The first-order valence-electron chi connectivity index (χ1n) is 6.29. The fourth-order valence-electron chi connectivity index (χ4n) is 1.80. The van der Waals surface area contributed by atoms with Gasteiger partial charge in [-0.3, -0.25) is 0 Å². The maximum absolute atomic E-state index is 5.40. The second-order valence-electron chi connectivity index (χ2n) is 4.40. The molecule has 0 aromatic heterocycles. The highest BCUT2D eigenvalue weighted by atomic mass is 28.4. The molecule has 19 heavy (non-hydrogen) atoms. The average Bonchev–Trinajstić information content (AvgIpc) is 3.31. The summed E-state index contributed by atoms with van der Waals surface area (Å²) < 4.78 is 26.5. The molecule has 2 aliphatic rings. The fraction of sp³-hybridized carbons (Fsp3) is 0.667. The topological polar surface area (TPSA) is 56.0 Å². The van der Waals surface area contributed by atoms with Crippen LogP contribution in [0.25, 0.3) is 0 Å². The van der Waals surface area contributed by atoms with E-state index in [0.717, 1.165) is 43.7 Å². The molecule has 0 bridgehead atoms. The second-order valence-corrected chi connectivity index (χ2v) is 7.50. The van der Waals surface area contributed by atoms with E-state index < -0.39 is 8.80 Å². The van der Waals surface area contributed by atoms with E-state index in [2.05, 4.69) is 4.90 Å². The van der Waals surface area contributed by atoms with Crippen LogP contribution in [0.4, 0.5) is 0 Å². The first kappa shape index (κ1) is 14.4. The Morgan fingerprint density at radius 1 is 1.05 bits per heavy atom. The third-order valence-corrected chi connectivity index (χ3v) is 5.91. The van der Waals surface area contributed by atoms with Gasteiger partial charge in [0.1, 0.15) is 13.2 Å². The summed E-state index contributed by atoms with van der Waals surface area (Å²) in [5, 5.41) is 0. The van der Waals surface area contributed by atoms with Crippen molar-refractivity contribution in [2.24, 2.45) is 0 Å². The van der Waals surface area contributed by atoms with Gasteiger partial charge in [0.05, 0.1) is 0 Å². The van der Waals surface area contributed by atoms with Crippen LogP contribution in [0.15, 0.2) is 23.9 Å². The third kappa shape index (κ3) is 4.54. The van der Waals surface area contributed by atoms with E-state index in [9.17, 15) is 0 Å². The summed E-state index contributed by atoms with van der Waals surface area (Å²) >= 11 is 0. The summed E-state index contributed by atoms with van der Waals surface area (Å²) in [4.78, 5) is 2.09. The van der Waals surface area contributed by atoms with Gasteiger partial charge in [-0.15, -0.1) is 0 Å². The predicted octanol–water partition coefficient (Wildman–Crippen LogP) is 1.30. The number of ether oxygens (including phenoxy) is 2. The van der Waals surface area contributed by atoms with E-state index in [0.29, 0.717) is 0 Å². The largest absolute Gasteiger partial charge is 0.500 e. The Morgan fingerprint density at radius 2 is 1.53 bits per heavy atom. The second kappa shape index (κ2) is 6.42. The first-order valence-corrected chi connectivity index (χ1v) is 8.23. The van der Waals surface area contributed by atoms with E-state index >= 15 is 0 Å². The minimum atomic E-state index is -2.46. The molecule has 7 heteroatoms. The molecule has 0 atom stereocenters. The van der Waals surface area contributed by atoms with Gasteiger partial charge in [0.2, 0.25) is 0 Å². The summed E-state index contributed by atoms with van der Waals surface area (Å²) in [5.74, 6) is 2.01. The summed E-state index contributed by atoms with van der Waals surface area (Å²) in [5.41, 5.74) is 0. The van der Waals surface area contributed by atoms with E-state index in [-0.39, 0.29) is 0 Å². The lowest BCUT2D eigenvalue weighted by atomic mass is 10.4. The van der Waals surface area contributed by atoms with Crippen molar-refractivity contribution in [1.82, 2.24) is 4.90 Å². The molecule has 6 nitrogen and oxygen atoms in total. The van der Waals surface area contributed by atoms with Crippen LogP contribution in [0.5, 0.6) is 0 Å². The zero-order valence-electron chi connectivity index (χ0n) is 11.7. The minimum absolute atomic E-state index is 0.730. The maximum Gasteiger partial charge on any atom is 0.500 e. The van der Waals surface area contributed by atoms with Gasteiger partial charge in [-0.2, -0.15) is 0 Å². The summed E-state index contributed by atoms with van der Waals surface area (Å²) in [7, 11) is 2.44. The molecule has 0 amide bonds. The van der Waals surface area contributed by atoms with Crippen molar-refractivity contribution in [3.05, 3.63) is 23.9 Å². The van der Waals surface area contributed by atoms with Crippen LogP contribution < -0.4 is 0 Å². The SMILES string of the molecule is CO[Si](CCCN(C=C1CO1)C=C1CO1)(OC)OC. The number of hydrogen-bond donors (Lipinski definition) is 0. The molecule has 0 aliphatic carbocycles. The first-order chi connectivity index (χ1) is 9.21. The van der Waals surface area contributed by atoms with Crippen molar-refractivity contribution >= 4 is 8.80 Å². The lowest BCUT2D eigenvalue weighted by molar-refractivity contribution is 0.122. The van der Waals surface area contributed by atoms with Crippen molar-refractivity contribution in [2.75, 3.05) is 41.1 Å². The molecule has 2 rings (SSSR count). The summed E-state index contributed by atoms with van der Waals surface area (Å²) in [6, 6.07) is 0.779. The molecule has 0 radical (unpaired) electrons. The predicted molar refractivity (Wildman–Crippen MR) is 71.0 cm³/mol. The zero-order valence-corrected chi connectivity index (χ0v) is 12.7. The molecule has 2 aliphatic heterocycles. The molecule has 2 saturated heterocycles. The number of nitrogens with zero attached hydrogens (tertiary/aromatic N) is 1. The van der Waals surface area contributed by atoms with Gasteiger partial charge in [0, 0.05) is 46.3 Å².